The van der Waals surface area contributed by atoms with Gasteiger partial charge in [0.05, 0.1) is 29.6 Å². The molecule has 1 aliphatic heterocycles. The van der Waals surface area contributed by atoms with E-state index in [4.69, 9.17) is 0 Å². The van der Waals surface area contributed by atoms with Crippen molar-refractivity contribution in [1.29, 1.82) is 0 Å². The van der Waals surface area contributed by atoms with Gasteiger partial charge in [-0.25, -0.2) is 4.98 Å². The van der Waals surface area contributed by atoms with E-state index in [-0.39, 0.29) is 18.0 Å². The summed E-state index contributed by atoms with van der Waals surface area (Å²) in [5.74, 6) is 0.143. The average molecular weight is 323 g/mol. The highest BCUT2D eigenvalue weighted by molar-refractivity contribution is 5.84. The normalized spacial score (nSPS) is 19.1. The summed E-state index contributed by atoms with van der Waals surface area (Å²) >= 11 is 0. The summed E-state index contributed by atoms with van der Waals surface area (Å²) in [6.45, 7) is 2.75. The zero-order valence-corrected chi connectivity index (χ0v) is 14.0. The highest BCUT2D eigenvalue weighted by Gasteiger charge is 2.33. The molecular weight excluding hydrogens is 302 g/mol. The molecule has 2 aromatic heterocycles. The topological polar surface area (TPSA) is 56.0 Å². The molecule has 1 saturated heterocycles. The number of hydrogen-bond acceptors (Lipinski definition) is 3. The Morgan fingerprint density at radius 3 is 2.96 bits per heavy atom. The van der Waals surface area contributed by atoms with Crippen LogP contribution in [0.1, 0.15) is 37.4 Å². The van der Waals surface area contributed by atoms with Gasteiger partial charge in [0.2, 0.25) is 5.91 Å². The fraction of sp³-hybridized carbons (Fsp3) is 0.389. The summed E-state index contributed by atoms with van der Waals surface area (Å²) in [4.78, 5) is 19.5. The first kappa shape index (κ1) is 14.9. The van der Waals surface area contributed by atoms with Crippen molar-refractivity contribution in [2.75, 3.05) is 6.54 Å². The number of aromatic nitrogens is 4. The van der Waals surface area contributed by atoms with Gasteiger partial charge in [0.25, 0.3) is 0 Å². The minimum Gasteiger partial charge on any atom is -0.334 e. The zero-order chi connectivity index (χ0) is 16.7. The van der Waals surface area contributed by atoms with Crippen molar-refractivity contribution in [3.8, 4) is 0 Å². The Labute approximate surface area is 140 Å². The van der Waals surface area contributed by atoms with Gasteiger partial charge in [0, 0.05) is 25.4 Å². The predicted octanol–water partition coefficient (Wildman–Crippen LogP) is 2.69. The molecule has 3 heterocycles. The van der Waals surface area contributed by atoms with E-state index in [1.807, 2.05) is 60.1 Å². The smallest absolute Gasteiger partial charge is 0.245 e. The molecule has 0 bridgehead atoms. The molecular formula is C18H21N5O. The van der Waals surface area contributed by atoms with Gasteiger partial charge in [-0.1, -0.05) is 12.1 Å². The Kier molecular flexibility index (Phi) is 3.59. The van der Waals surface area contributed by atoms with E-state index in [9.17, 15) is 4.79 Å². The minimum atomic E-state index is -0.269. The van der Waals surface area contributed by atoms with Crippen LogP contribution in [0.5, 0.6) is 0 Å². The number of aryl methyl sites for hydroxylation is 1. The highest BCUT2D eigenvalue weighted by atomic mass is 16.2. The second-order valence-corrected chi connectivity index (χ2v) is 6.45. The maximum Gasteiger partial charge on any atom is 0.245 e. The van der Waals surface area contributed by atoms with E-state index in [1.54, 1.807) is 11.0 Å². The Morgan fingerprint density at radius 1 is 1.33 bits per heavy atom. The highest BCUT2D eigenvalue weighted by Crippen LogP contribution is 2.33. The van der Waals surface area contributed by atoms with Crippen molar-refractivity contribution >= 4 is 16.9 Å². The molecule has 2 atom stereocenters. The van der Waals surface area contributed by atoms with Crippen LogP contribution in [0, 0.1) is 0 Å². The maximum atomic E-state index is 13.1. The molecule has 24 heavy (non-hydrogen) atoms. The number of likely N-dealkylation sites (tertiary alicyclic amines) is 1. The van der Waals surface area contributed by atoms with E-state index in [1.165, 1.54) is 0 Å². The van der Waals surface area contributed by atoms with Gasteiger partial charge < -0.3 is 9.47 Å². The molecule has 3 aromatic rings. The van der Waals surface area contributed by atoms with Crippen molar-refractivity contribution in [3.63, 3.8) is 0 Å². The average Bonchev–Trinajstić information content (AvgIpc) is 3.31. The third-order valence-corrected chi connectivity index (χ3v) is 4.90. The summed E-state index contributed by atoms with van der Waals surface area (Å²) in [6.07, 6.45) is 7.67. The molecule has 4 rings (SSSR count). The molecule has 6 nitrogen and oxygen atoms in total. The lowest BCUT2D eigenvalue weighted by molar-refractivity contribution is -0.135. The van der Waals surface area contributed by atoms with Gasteiger partial charge in [0.15, 0.2) is 0 Å². The van der Waals surface area contributed by atoms with E-state index < -0.39 is 0 Å². The molecule has 0 radical (unpaired) electrons. The largest absolute Gasteiger partial charge is 0.334 e. The second-order valence-electron chi connectivity index (χ2n) is 6.45. The van der Waals surface area contributed by atoms with Crippen molar-refractivity contribution in [1.82, 2.24) is 24.2 Å². The lowest BCUT2D eigenvalue weighted by Gasteiger charge is -2.27. The van der Waals surface area contributed by atoms with Crippen molar-refractivity contribution in [2.45, 2.75) is 31.8 Å². The van der Waals surface area contributed by atoms with E-state index >= 15 is 0 Å². The molecule has 0 N–H and O–H groups in total. The molecule has 6 heteroatoms. The fourth-order valence-electron chi connectivity index (χ4n) is 3.64. The molecule has 0 spiro atoms. The third kappa shape index (κ3) is 2.38. The van der Waals surface area contributed by atoms with Crippen LogP contribution in [0.15, 0.2) is 43.0 Å². The van der Waals surface area contributed by atoms with Crippen LogP contribution >= 0.6 is 0 Å². The summed E-state index contributed by atoms with van der Waals surface area (Å²) in [5, 5.41) is 4.25. The molecule has 1 aliphatic rings. The number of rotatable bonds is 3. The first-order chi connectivity index (χ1) is 11.6. The van der Waals surface area contributed by atoms with Crippen LogP contribution in [-0.2, 0) is 11.8 Å². The number of carbonyl (C=O) groups is 1. The minimum absolute atomic E-state index is 0.128. The summed E-state index contributed by atoms with van der Waals surface area (Å²) < 4.78 is 3.76. The number of imidazole rings is 1. The maximum absolute atomic E-state index is 13.1. The van der Waals surface area contributed by atoms with Crippen LogP contribution in [0.2, 0.25) is 0 Å². The van der Waals surface area contributed by atoms with Gasteiger partial charge >= 0.3 is 0 Å². The van der Waals surface area contributed by atoms with Crippen LogP contribution in [-0.4, -0.2) is 36.7 Å². The summed E-state index contributed by atoms with van der Waals surface area (Å²) in [5.41, 5.74) is 3.03. The van der Waals surface area contributed by atoms with Crippen LogP contribution in [0.3, 0.4) is 0 Å². The second kappa shape index (κ2) is 5.78. The van der Waals surface area contributed by atoms with Crippen molar-refractivity contribution < 1.29 is 4.79 Å². The quantitative estimate of drug-likeness (QED) is 0.744. The Hall–Kier alpha value is -2.63. The SMILES string of the molecule is CC(C(=O)N1CCCC1c1cnn(C)c1)n1cnc2ccccc21. The van der Waals surface area contributed by atoms with Gasteiger partial charge in [-0.15, -0.1) is 0 Å². The van der Waals surface area contributed by atoms with Crippen LogP contribution < -0.4 is 0 Å². The molecule has 1 fully saturated rings. The number of nitrogens with zero attached hydrogens (tertiary/aromatic N) is 5. The molecule has 0 saturated carbocycles. The number of para-hydroxylation sites is 2. The Bertz CT molecular complexity index is 880. The van der Waals surface area contributed by atoms with E-state index in [0.717, 1.165) is 36.0 Å². The van der Waals surface area contributed by atoms with E-state index in [2.05, 4.69) is 10.1 Å². The summed E-state index contributed by atoms with van der Waals surface area (Å²) in [6, 6.07) is 7.78. The Morgan fingerprint density at radius 2 is 2.17 bits per heavy atom. The molecule has 2 unspecified atom stereocenters. The number of benzene rings is 1. The molecule has 1 amide bonds. The van der Waals surface area contributed by atoms with Crippen molar-refractivity contribution in [3.05, 3.63) is 48.5 Å². The first-order valence-corrected chi connectivity index (χ1v) is 8.36. The van der Waals surface area contributed by atoms with Gasteiger partial charge in [0.1, 0.15) is 6.04 Å². The monoisotopic (exact) mass is 323 g/mol. The lowest BCUT2D eigenvalue weighted by Crippen LogP contribution is -2.35. The number of carbonyl (C=O) groups excluding carboxylic acids is 1. The molecule has 124 valence electrons. The van der Waals surface area contributed by atoms with Crippen molar-refractivity contribution in [2.24, 2.45) is 7.05 Å². The molecule has 1 aromatic carbocycles. The number of amides is 1. The predicted molar refractivity (Wildman–Crippen MR) is 91.3 cm³/mol. The van der Waals surface area contributed by atoms with Gasteiger partial charge in [-0.05, 0) is 31.9 Å². The zero-order valence-electron chi connectivity index (χ0n) is 14.0. The number of fused-ring (bicyclic) bond motifs is 1. The van der Waals surface area contributed by atoms with Crippen LogP contribution in [0.25, 0.3) is 11.0 Å². The summed E-state index contributed by atoms with van der Waals surface area (Å²) in [7, 11) is 1.91. The third-order valence-electron chi connectivity index (χ3n) is 4.90. The van der Waals surface area contributed by atoms with Crippen LogP contribution in [0.4, 0.5) is 0 Å². The lowest BCUT2D eigenvalue weighted by atomic mass is 10.1. The molecule has 0 aliphatic carbocycles. The van der Waals surface area contributed by atoms with Gasteiger partial charge in [-0.3, -0.25) is 9.48 Å². The van der Waals surface area contributed by atoms with E-state index in [0.29, 0.717) is 0 Å². The standard InChI is InChI=1S/C18H21N5O/c1-13(23-12-19-15-6-3-4-7-17(15)23)18(24)22-9-5-8-16(22)14-10-20-21(2)11-14/h3-4,6-7,10-13,16H,5,8-9H2,1-2H3. The number of hydrogen-bond donors (Lipinski definition) is 0. The fourth-order valence-corrected chi connectivity index (χ4v) is 3.64. The van der Waals surface area contributed by atoms with Gasteiger partial charge in [-0.2, -0.15) is 5.10 Å². The Balaban J connectivity index is 1.62. The first-order valence-electron chi connectivity index (χ1n) is 8.36.